The summed E-state index contributed by atoms with van der Waals surface area (Å²) < 4.78 is 17.7. The number of aliphatic hydroxyl groups is 1. The van der Waals surface area contributed by atoms with Gasteiger partial charge in [-0.2, -0.15) is 0 Å². The van der Waals surface area contributed by atoms with Crippen molar-refractivity contribution in [3.05, 3.63) is 108 Å². The average Bonchev–Trinajstić information content (AvgIpc) is 2.93. The lowest BCUT2D eigenvalue weighted by molar-refractivity contribution is 0.0106. The smallest absolute Gasteiger partial charge is 0.143 e. The highest BCUT2D eigenvalue weighted by molar-refractivity contribution is 5.49. The molecule has 0 unspecified atom stereocenters. The Balaban J connectivity index is 1.84. The van der Waals surface area contributed by atoms with E-state index in [2.05, 4.69) is 60.7 Å². The number of hydrogen-bond acceptors (Lipinski definition) is 4. The van der Waals surface area contributed by atoms with Crippen molar-refractivity contribution in [2.45, 2.75) is 44.1 Å². The molecule has 4 nitrogen and oxygen atoms in total. The van der Waals surface area contributed by atoms with Gasteiger partial charge in [-0.25, -0.2) is 0 Å². The number of allylic oxidation sites excluding steroid dienone is 2. The lowest BCUT2D eigenvalue weighted by atomic mass is 9.80. The number of aliphatic hydroxyl groups excluding tert-OH is 1. The van der Waals surface area contributed by atoms with Gasteiger partial charge in [0.2, 0.25) is 0 Å². The first-order chi connectivity index (χ1) is 17.2. The monoisotopic (exact) mass is 474 g/mol. The number of methoxy groups -OCH3 is 2. The topological polar surface area (TPSA) is 47.9 Å². The zero-order valence-corrected chi connectivity index (χ0v) is 21.0. The summed E-state index contributed by atoms with van der Waals surface area (Å²) in [5.74, 6) is 1.63. The molecule has 3 aromatic rings. The first-order valence-corrected chi connectivity index (χ1v) is 12.5. The number of unbranched alkanes of at least 4 members (excludes halogenated alkanes) is 4. The molecule has 0 saturated heterocycles. The van der Waals surface area contributed by atoms with Gasteiger partial charge >= 0.3 is 0 Å². The van der Waals surface area contributed by atoms with Gasteiger partial charge in [-0.15, -0.1) is 0 Å². The fourth-order valence-corrected chi connectivity index (χ4v) is 4.29. The van der Waals surface area contributed by atoms with Gasteiger partial charge in [-0.3, -0.25) is 0 Å². The Labute approximate surface area is 210 Å². The van der Waals surface area contributed by atoms with E-state index in [1.807, 2.05) is 30.3 Å². The Morgan fingerprint density at radius 3 is 1.66 bits per heavy atom. The van der Waals surface area contributed by atoms with Crippen molar-refractivity contribution in [2.75, 3.05) is 27.4 Å². The van der Waals surface area contributed by atoms with Crippen molar-refractivity contribution in [3.8, 4) is 11.5 Å². The number of benzene rings is 3. The number of hydrogen-bond donors (Lipinski definition) is 1. The van der Waals surface area contributed by atoms with Crippen LogP contribution in [-0.4, -0.2) is 32.5 Å². The third kappa shape index (κ3) is 7.20. The maximum absolute atomic E-state index is 8.87. The van der Waals surface area contributed by atoms with Crippen LogP contribution in [0.5, 0.6) is 11.5 Å². The van der Waals surface area contributed by atoms with Gasteiger partial charge in [-0.1, -0.05) is 73.2 Å². The van der Waals surface area contributed by atoms with Crippen molar-refractivity contribution in [2.24, 2.45) is 0 Å². The van der Waals surface area contributed by atoms with E-state index in [1.54, 1.807) is 14.2 Å². The summed E-state index contributed by atoms with van der Waals surface area (Å²) >= 11 is 0. The van der Waals surface area contributed by atoms with Crippen molar-refractivity contribution in [1.82, 2.24) is 0 Å². The van der Waals surface area contributed by atoms with Gasteiger partial charge in [0, 0.05) is 13.2 Å². The van der Waals surface area contributed by atoms with Crippen LogP contribution in [0.2, 0.25) is 0 Å². The minimum Gasteiger partial charge on any atom is -0.497 e. The quantitative estimate of drug-likeness (QED) is 0.148. The predicted octanol–water partition coefficient (Wildman–Crippen LogP) is 6.90. The molecule has 0 amide bonds. The van der Waals surface area contributed by atoms with Crippen LogP contribution in [-0.2, 0) is 10.3 Å². The molecule has 186 valence electrons. The molecule has 0 heterocycles. The van der Waals surface area contributed by atoms with Gasteiger partial charge in [0.05, 0.1) is 14.2 Å². The summed E-state index contributed by atoms with van der Waals surface area (Å²) in [4.78, 5) is 0. The van der Waals surface area contributed by atoms with Gasteiger partial charge < -0.3 is 19.3 Å². The first kappa shape index (κ1) is 26.5. The molecule has 0 bridgehead atoms. The summed E-state index contributed by atoms with van der Waals surface area (Å²) in [5, 5.41) is 8.87. The molecule has 3 rings (SSSR count). The van der Waals surface area contributed by atoms with Gasteiger partial charge in [0.1, 0.15) is 17.1 Å². The van der Waals surface area contributed by atoms with E-state index in [4.69, 9.17) is 19.3 Å². The molecule has 0 saturated carbocycles. The molecule has 0 aliphatic carbocycles. The lowest BCUT2D eigenvalue weighted by Crippen LogP contribution is -2.33. The minimum atomic E-state index is -0.746. The van der Waals surface area contributed by atoms with Crippen molar-refractivity contribution >= 4 is 0 Å². The minimum absolute atomic E-state index is 0.257. The van der Waals surface area contributed by atoms with Gasteiger partial charge in [0.25, 0.3) is 0 Å². The molecule has 0 aliphatic rings. The second kappa shape index (κ2) is 14.3. The Bertz CT molecular complexity index is 947. The van der Waals surface area contributed by atoms with Crippen LogP contribution in [0.3, 0.4) is 0 Å². The van der Waals surface area contributed by atoms with E-state index >= 15 is 0 Å². The molecule has 0 atom stereocenters. The summed E-state index contributed by atoms with van der Waals surface area (Å²) in [6.07, 6.45) is 10.4. The average molecular weight is 475 g/mol. The van der Waals surface area contributed by atoms with Crippen LogP contribution in [0.15, 0.2) is 91.0 Å². The largest absolute Gasteiger partial charge is 0.497 e. The van der Waals surface area contributed by atoms with E-state index < -0.39 is 5.60 Å². The van der Waals surface area contributed by atoms with E-state index in [-0.39, 0.29) is 6.61 Å². The fourth-order valence-electron chi connectivity index (χ4n) is 4.29. The van der Waals surface area contributed by atoms with E-state index in [1.165, 1.54) is 0 Å². The first-order valence-electron chi connectivity index (χ1n) is 12.5. The van der Waals surface area contributed by atoms with Crippen LogP contribution >= 0.6 is 0 Å². The second-order valence-corrected chi connectivity index (χ2v) is 8.54. The van der Waals surface area contributed by atoms with Crippen molar-refractivity contribution in [3.63, 3.8) is 0 Å². The molecule has 0 radical (unpaired) electrons. The standard InChI is InChI=1S/C31H38O4/c1-33-29-20-16-27(17-21-29)31(26-14-10-9-11-15-26,28-18-22-30(34-2)23-19-28)35-25-13-8-6-4-3-5-7-12-24-32/h3,5,9-11,14-23,32H,4,6-8,12-13,24-25H2,1-2H3. The maximum atomic E-state index is 8.87. The predicted molar refractivity (Wildman–Crippen MR) is 142 cm³/mol. The van der Waals surface area contributed by atoms with Crippen molar-refractivity contribution in [1.29, 1.82) is 0 Å². The molecule has 35 heavy (non-hydrogen) atoms. The summed E-state index contributed by atoms with van der Waals surface area (Å²) in [6.45, 7) is 0.897. The molecule has 4 heteroatoms. The second-order valence-electron chi connectivity index (χ2n) is 8.54. The molecular weight excluding hydrogens is 436 g/mol. The van der Waals surface area contributed by atoms with Crippen LogP contribution < -0.4 is 9.47 Å². The molecule has 0 aromatic heterocycles. The molecule has 0 aliphatic heterocycles. The molecule has 1 N–H and O–H groups in total. The zero-order chi connectivity index (χ0) is 24.8. The summed E-state index contributed by atoms with van der Waals surface area (Å²) in [6, 6.07) is 26.7. The SMILES string of the molecule is COc1ccc(C(OCCCCCC=CCCCO)(c2ccccc2)c2ccc(OC)cc2)cc1. The highest BCUT2D eigenvalue weighted by atomic mass is 16.5. The van der Waals surface area contributed by atoms with Gasteiger partial charge in [-0.05, 0) is 73.1 Å². The van der Waals surface area contributed by atoms with Gasteiger partial charge in [0.15, 0.2) is 0 Å². The lowest BCUT2D eigenvalue weighted by Gasteiger charge is -2.36. The van der Waals surface area contributed by atoms with Crippen LogP contribution in [0.4, 0.5) is 0 Å². The Morgan fingerprint density at radius 1 is 0.629 bits per heavy atom. The Kier molecular flexibility index (Phi) is 10.9. The number of ether oxygens (including phenoxy) is 3. The maximum Gasteiger partial charge on any atom is 0.143 e. The summed E-state index contributed by atoms with van der Waals surface area (Å²) in [7, 11) is 3.36. The normalized spacial score (nSPS) is 11.6. The Hall–Kier alpha value is -3.08. The summed E-state index contributed by atoms with van der Waals surface area (Å²) in [5.41, 5.74) is 2.45. The van der Waals surface area contributed by atoms with Crippen LogP contribution in [0.1, 0.15) is 55.2 Å². The Morgan fingerprint density at radius 2 is 1.14 bits per heavy atom. The van der Waals surface area contributed by atoms with E-state index in [0.29, 0.717) is 6.61 Å². The third-order valence-electron chi connectivity index (χ3n) is 6.20. The molecule has 0 fully saturated rings. The van der Waals surface area contributed by atoms with Crippen LogP contribution in [0, 0.1) is 0 Å². The van der Waals surface area contributed by atoms with Crippen molar-refractivity contribution < 1.29 is 19.3 Å². The third-order valence-corrected chi connectivity index (χ3v) is 6.20. The molecule has 0 spiro atoms. The van der Waals surface area contributed by atoms with E-state index in [0.717, 1.165) is 66.7 Å². The fraction of sp³-hybridized carbons (Fsp3) is 0.355. The molecule has 3 aromatic carbocycles. The number of rotatable bonds is 15. The van der Waals surface area contributed by atoms with Crippen LogP contribution in [0.25, 0.3) is 0 Å². The highest BCUT2D eigenvalue weighted by Gasteiger charge is 2.37. The van der Waals surface area contributed by atoms with E-state index in [9.17, 15) is 0 Å². The zero-order valence-electron chi connectivity index (χ0n) is 21.0. The highest BCUT2D eigenvalue weighted by Crippen LogP contribution is 2.41. The molecular formula is C31H38O4.